The van der Waals surface area contributed by atoms with Crippen LogP contribution in [0, 0.1) is 0 Å². The summed E-state index contributed by atoms with van der Waals surface area (Å²) in [6.45, 7) is 1.34. The Bertz CT molecular complexity index is 880. The van der Waals surface area contributed by atoms with Gasteiger partial charge in [-0.2, -0.15) is 0 Å². The van der Waals surface area contributed by atoms with Crippen LogP contribution in [-0.4, -0.2) is 41.0 Å². The van der Waals surface area contributed by atoms with Crippen LogP contribution in [0.1, 0.15) is 66.1 Å². The molecule has 1 saturated carbocycles. The van der Waals surface area contributed by atoms with Crippen molar-refractivity contribution in [2.45, 2.75) is 55.9 Å². The minimum absolute atomic E-state index is 0.0175. The molecule has 1 N–H and O–H groups in total. The number of fused-ring (bicyclic) bond motifs is 2. The van der Waals surface area contributed by atoms with Gasteiger partial charge in [0.1, 0.15) is 0 Å². The molecule has 2 fully saturated rings. The zero-order chi connectivity index (χ0) is 19.1. The maximum atomic E-state index is 13.0. The molecule has 28 heavy (non-hydrogen) atoms. The maximum Gasteiger partial charge on any atom is 0.292 e. The van der Waals surface area contributed by atoms with Crippen molar-refractivity contribution in [2.24, 2.45) is 0 Å². The Hall–Kier alpha value is -2.63. The van der Waals surface area contributed by atoms with Crippen LogP contribution < -0.4 is 5.32 Å². The first-order valence-corrected chi connectivity index (χ1v) is 10.3. The van der Waals surface area contributed by atoms with Gasteiger partial charge in [0.05, 0.1) is 12.1 Å². The van der Waals surface area contributed by atoms with Gasteiger partial charge in [-0.15, -0.1) is 0 Å². The number of nitrogens with one attached hydrogen (secondary N) is 1. The molecule has 2 aromatic rings. The molecular formula is C22H25N3O3. The van der Waals surface area contributed by atoms with E-state index in [4.69, 9.17) is 4.52 Å². The quantitative estimate of drug-likeness (QED) is 0.890. The molecule has 1 atom stereocenters. The number of rotatable bonds is 3. The van der Waals surface area contributed by atoms with Crippen LogP contribution in [0.15, 0.2) is 41.1 Å². The summed E-state index contributed by atoms with van der Waals surface area (Å²) in [7, 11) is 0. The molecule has 0 bridgehead atoms. The smallest absolute Gasteiger partial charge is 0.292 e. The van der Waals surface area contributed by atoms with E-state index in [0.29, 0.717) is 24.9 Å². The first kappa shape index (κ1) is 17.5. The topological polar surface area (TPSA) is 75.4 Å². The largest absolute Gasteiger partial charge is 0.353 e. The number of amides is 2. The van der Waals surface area contributed by atoms with E-state index >= 15 is 0 Å². The summed E-state index contributed by atoms with van der Waals surface area (Å²) in [4.78, 5) is 27.4. The highest BCUT2D eigenvalue weighted by Gasteiger charge is 2.48. The SMILES string of the molecule is O=C(NC1CCC1)C1CC2(CCN(C(=O)c3ccno3)CC2)c2ccccc21. The fourth-order valence-electron chi connectivity index (χ4n) is 5.08. The zero-order valence-corrected chi connectivity index (χ0v) is 15.9. The van der Waals surface area contributed by atoms with Gasteiger partial charge in [-0.1, -0.05) is 29.4 Å². The highest BCUT2D eigenvalue weighted by Crippen LogP contribution is 2.51. The number of likely N-dealkylation sites (tertiary alicyclic amines) is 1. The summed E-state index contributed by atoms with van der Waals surface area (Å²) >= 11 is 0. The third kappa shape index (κ3) is 2.82. The lowest BCUT2D eigenvalue weighted by Gasteiger charge is -2.40. The molecule has 2 aliphatic carbocycles. The van der Waals surface area contributed by atoms with Crippen LogP contribution in [0.2, 0.25) is 0 Å². The molecule has 1 unspecified atom stereocenters. The molecule has 2 heterocycles. The highest BCUT2D eigenvalue weighted by atomic mass is 16.5. The summed E-state index contributed by atoms with van der Waals surface area (Å²) in [6.07, 6.45) is 7.50. The molecule has 6 nitrogen and oxygen atoms in total. The van der Waals surface area contributed by atoms with Gasteiger partial charge >= 0.3 is 0 Å². The summed E-state index contributed by atoms with van der Waals surface area (Å²) in [6, 6.07) is 10.4. The van der Waals surface area contributed by atoms with Gasteiger partial charge < -0.3 is 14.7 Å². The van der Waals surface area contributed by atoms with Crippen molar-refractivity contribution in [1.82, 2.24) is 15.4 Å². The average molecular weight is 379 g/mol. The van der Waals surface area contributed by atoms with Gasteiger partial charge in [0.15, 0.2) is 0 Å². The molecule has 1 aromatic heterocycles. The zero-order valence-electron chi connectivity index (χ0n) is 15.9. The summed E-state index contributed by atoms with van der Waals surface area (Å²) in [5.74, 6) is 0.293. The minimum Gasteiger partial charge on any atom is -0.353 e. The Kier molecular flexibility index (Phi) is 4.22. The summed E-state index contributed by atoms with van der Waals surface area (Å²) in [5.41, 5.74) is 2.46. The predicted octanol–water partition coefficient (Wildman–Crippen LogP) is 3.00. The second-order valence-corrected chi connectivity index (χ2v) is 8.43. The number of aromatic nitrogens is 1. The van der Waals surface area contributed by atoms with Gasteiger partial charge in [-0.25, -0.2) is 0 Å². The molecule has 1 aliphatic heterocycles. The fourth-order valence-corrected chi connectivity index (χ4v) is 5.08. The minimum atomic E-state index is -0.0992. The highest BCUT2D eigenvalue weighted by molar-refractivity contribution is 5.91. The molecule has 1 saturated heterocycles. The number of hydrogen-bond acceptors (Lipinski definition) is 4. The second-order valence-electron chi connectivity index (χ2n) is 8.43. The molecule has 2 amide bonds. The number of piperidine rings is 1. The van der Waals surface area contributed by atoms with E-state index < -0.39 is 0 Å². The maximum absolute atomic E-state index is 13.0. The van der Waals surface area contributed by atoms with Gasteiger partial charge in [-0.05, 0) is 49.7 Å². The Morgan fingerprint density at radius 3 is 2.61 bits per heavy atom. The summed E-state index contributed by atoms with van der Waals surface area (Å²) < 4.78 is 5.03. The van der Waals surface area contributed by atoms with Crippen LogP contribution in [0.3, 0.4) is 0 Å². The number of nitrogens with zero attached hydrogens (tertiary/aromatic N) is 2. The third-order valence-corrected chi connectivity index (χ3v) is 6.93. The molecular weight excluding hydrogens is 354 g/mol. The molecule has 1 spiro atoms. The molecule has 5 rings (SSSR count). The molecule has 6 heteroatoms. The summed E-state index contributed by atoms with van der Waals surface area (Å²) in [5, 5.41) is 6.88. The molecule has 3 aliphatic rings. The molecule has 146 valence electrons. The van der Waals surface area contributed by atoms with Crippen molar-refractivity contribution in [3.8, 4) is 0 Å². The van der Waals surface area contributed by atoms with Crippen LogP contribution in [0.4, 0.5) is 0 Å². The van der Waals surface area contributed by atoms with Gasteiger partial charge in [0, 0.05) is 30.6 Å². The van der Waals surface area contributed by atoms with Crippen molar-refractivity contribution in [3.63, 3.8) is 0 Å². The van der Waals surface area contributed by atoms with E-state index in [0.717, 1.165) is 32.1 Å². The van der Waals surface area contributed by atoms with E-state index in [2.05, 4.69) is 28.7 Å². The molecule has 0 radical (unpaired) electrons. The van der Waals surface area contributed by atoms with Gasteiger partial charge in [-0.3, -0.25) is 9.59 Å². The van der Waals surface area contributed by atoms with E-state index in [1.807, 2.05) is 11.0 Å². The predicted molar refractivity (Wildman–Crippen MR) is 103 cm³/mol. The van der Waals surface area contributed by atoms with Crippen molar-refractivity contribution >= 4 is 11.8 Å². The van der Waals surface area contributed by atoms with Crippen LogP contribution in [-0.2, 0) is 10.2 Å². The van der Waals surface area contributed by atoms with Crippen LogP contribution >= 0.6 is 0 Å². The second kappa shape index (κ2) is 6.76. The standard InChI is InChI=1S/C22H25N3O3/c26-20(24-15-4-3-5-15)17-14-22(18-7-2-1-6-16(17)18)9-12-25(13-10-22)21(27)19-8-11-23-28-19/h1-2,6-8,11,15,17H,3-5,9-10,12-14H2,(H,24,26). The first-order valence-electron chi connectivity index (χ1n) is 10.3. The Labute approximate surface area is 164 Å². The fraction of sp³-hybridized carbons (Fsp3) is 0.500. The van der Waals surface area contributed by atoms with Crippen molar-refractivity contribution < 1.29 is 14.1 Å². The monoisotopic (exact) mass is 379 g/mol. The van der Waals surface area contributed by atoms with Crippen molar-refractivity contribution in [3.05, 3.63) is 53.4 Å². The van der Waals surface area contributed by atoms with Crippen LogP contribution in [0.5, 0.6) is 0 Å². The lowest BCUT2D eigenvalue weighted by molar-refractivity contribution is -0.124. The number of carbonyl (C=O) groups excluding carboxylic acids is 2. The number of hydrogen-bond donors (Lipinski definition) is 1. The van der Waals surface area contributed by atoms with E-state index in [1.54, 1.807) is 6.07 Å². The first-order chi connectivity index (χ1) is 13.7. The lowest BCUT2D eigenvalue weighted by atomic mass is 9.73. The van der Waals surface area contributed by atoms with Crippen LogP contribution in [0.25, 0.3) is 0 Å². The Balaban J connectivity index is 1.34. The van der Waals surface area contributed by atoms with Gasteiger partial charge in [0.25, 0.3) is 5.91 Å². The van der Waals surface area contributed by atoms with Crippen molar-refractivity contribution in [2.75, 3.05) is 13.1 Å². The molecule has 1 aromatic carbocycles. The normalized spacial score (nSPS) is 23.3. The average Bonchev–Trinajstić information content (AvgIpc) is 3.33. The Morgan fingerprint density at radius 1 is 1.14 bits per heavy atom. The lowest BCUT2D eigenvalue weighted by Crippen LogP contribution is -2.45. The number of carbonyl (C=O) groups is 2. The number of benzene rings is 1. The Morgan fingerprint density at radius 2 is 1.93 bits per heavy atom. The van der Waals surface area contributed by atoms with E-state index in [9.17, 15) is 9.59 Å². The van der Waals surface area contributed by atoms with Crippen molar-refractivity contribution in [1.29, 1.82) is 0 Å². The van der Waals surface area contributed by atoms with E-state index in [1.165, 1.54) is 23.7 Å². The van der Waals surface area contributed by atoms with Gasteiger partial charge in [0.2, 0.25) is 11.7 Å². The van der Waals surface area contributed by atoms with E-state index in [-0.39, 0.29) is 23.1 Å². The third-order valence-electron chi connectivity index (χ3n) is 6.93.